The molecule has 4 rings (SSSR count). The number of nitrogens with zero attached hydrogens (tertiary/aromatic N) is 3. The van der Waals surface area contributed by atoms with Crippen molar-refractivity contribution in [1.29, 1.82) is 0 Å². The molecule has 0 aliphatic heterocycles. The first-order valence-corrected chi connectivity index (χ1v) is 12.9. The van der Waals surface area contributed by atoms with Gasteiger partial charge in [0.05, 0.1) is 34.0 Å². The fraction of sp³-hybridized carbons (Fsp3) is 0.200. The summed E-state index contributed by atoms with van der Waals surface area (Å²) in [7, 11) is -0.633. The molecule has 0 aliphatic rings. The highest BCUT2D eigenvalue weighted by molar-refractivity contribution is 7.92. The van der Waals surface area contributed by atoms with E-state index < -0.39 is 10.0 Å². The number of hydrogen-bond acceptors (Lipinski definition) is 6. The first-order chi connectivity index (χ1) is 16.3. The molecule has 9 heteroatoms. The van der Waals surface area contributed by atoms with Crippen LogP contribution in [0.4, 0.5) is 10.8 Å². The molecule has 1 aromatic heterocycles. The Morgan fingerprint density at radius 3 is 2.32 bits per heavy atom. The van der Waals surface area contributed by atoms with Crippen LogP contribution in [0.25, 0.3) is 10.2 Å². The van der Waals surface area contributed by atoms with Crippen molar-refractivity contribution in [3.05, 3.63) is 83.9 Å². The Kier molecular flexibility index (Phi) is 6.97. The van der Waals surface area contributed by atoms with E-state index in [1.165, 1.54) is 22.7 Å². The maximum Gasteiger partial charge on any atom is 0.264 e. The van der Waals surface area contributed by atoms with Gasteiger partial charge in [-0.15, -0.1) is 0 Å². The Hall–Kier alpha value is -3.27. The van der Waals surface area contributed by atoms with Gasteiger partial charge in [-0.2, -0.15) is 0 Å². The Morgan fingerprint density at radius 1 is 1.00 bits per heavy atom. The van der Waals surface area contributed by atoms with Crippen molar-refractivity contribution in [2.75, 3.05) is 36.5 Å². The van der Waals surface area contributed by atoms with Crippen molar-refractivity contribution in [1.82, 2.24) is 4.98 Å². The minimum Gasteiger partial charge on any atom is -0.383 e. The van der Waals surface area contributed by atoms with Gasteiger partial charge in [-0.25, -0.2) is 13.4 Å². The average molecular weight is 496 g/mol. The first-order valence-electron chi connectivity index (χ1n) is 10.6. The quantitative estimate of drug-likeness (QED) is 0.353. The number of hydrogen-bond donors (Lipinski definition) is 0. The van der Waals surface area contributed by atoms with Gasteiger partial charge in [0.15, 0.2) is 5.13 Å². The van der Waals surface area contributed by atoms with Crippen molar-refractivity contribution in [3.8, 4) is 0 Å². The summed E-state index contributed by atoms with van der Waals surface area (Å²) in [6, 6.07) is 20.9. The highest BCUT2D eigenvalue weighted by Gasteiger charge is 2.24. The number of aryl methyl sites for hydroxylation is 1. The van der Waals surface area contributed by atoms with Crippen molar-refractivity contribution in [3.63, 3.8) is 0 Å². The fourth-order valence-corrected chi connectivity index (χ4v) is 5.60. The van der Waals surface area contributed by atoms with E-state index in [9.17, 15) is 13.2 Å². The lowest BCUT2D eigenvalue weighted by Crippen LogP contribution is -2.34. The monoisotopic (exact) mass is 495 g/mol. The maximum atomic E-state index is 13.4. The molecule has 176 valence electrons. The predicted octanol–water partition coefficient (Wildman–Crippen LogP) is 4.72. The summed E-state index contributed by atoms with van der Waals surface area (Å²) in [5, 5.41) is 0.589. The van der Waals surface area contributed by atoms with Gasteiger partial charge in [0.1, 0.15) is 0 Å². The second-order valence-corrected chi connectivity index (χ2v) is 10.7. The number of para-hydroxylation sites is 1. The molecule has 7 nitrogen and oxygen atoms in total. The Bertz CT molecular complexity index is 1370. The molecule has 3 aromatic carbocycles. The largest absolute Gasteiger partial charge is 0.383 e. The van der Waals surface area contributed by atoms with E-state index >= 15 is 0 Å². The third kappa shape index (κ3) is 4.82. The number of ether oxygens (including phenoxy) is 1. The Morgan fingerprint density at radius 2 is 1.68 bits per heavy atom. The number of sulfonamides is 1. The van der Waals surface area contributed by atoms with Gasteiger partial charge < -0.3 is 4.74 Å². The number of rotatable bonds is 8. The number of benzene rings is 3. The van der Waals surface area contributed by atoms with Crippen molar-refractivity contribution < 1.29 is 17.9 Å². The fourth-order valence-electron chi connectivity index (χ4n) is 3.42. The lowest BCUT2D eigenvalue weighted by Gasteiger charge is -2.21. The van der Waals surface area contributed by atoms with Crippen molar-refractivity contribution in [2.45, 2.75) is 11.8 Å². The summed E-state index contributed by atoms with van der Waals surface area (Å²) in [6.45, 7) is 2.61. The van der Waals surface area contributed by atoms with Crippen LogP contribution < -0.4 is 9.21 Å². The molecule has 0 radical (unpaired) electrons. The molecule has 0 atom stereocenters. The zero-order chi connectivity index (χ0) is 24.3. The molecule has 0 N–H and O–H groups in total. The molecule has 0 bridgehead atoms. The second kappa shape index (κ2) is 9.92. The van der Waals surface area contributed by atoms with E-state index in [1.807, 2.05) is 31.2 Å². The highest BCUT2D eigenvalue weighted by atomic mass is 32.2. The van der Waals surface area contributed by atoms with Crippen molar-refractivity contribution >= 4 is 48.3 Å². The van der Waals surface area contributed by atoms with Crippen LogP contribution in [0.5, 0.6) is 0 Å². The van der Waals surface area contributed by atoms with Crippen LogP contribution in [-0.4, -0.2) is 46.6 Å². The number of carbonyl (C=O) groups is 1. The number of aromatic nitrogens is 1. The summed E-state index contributed by atoms with van der Waals surface area (Å²) in [6.07, 6.45) is 0. The number of fused-ring (bicyclic) bond motifs is 1. The Labute approximate surface area is 203 Å². The smallest absolute Gasteiger partial charge is 0.264 e. The van der Waals surface area contributed by atoms with Crippen LogP contribution in [0.3, 0.4) is 0 Å². The number of amides is 1. The van der Waals surface area contributed by atoms with Gasteiger partial charge in [-0.1, -0.05) is 41.2 Å². The van der Waals surface area contributed by atoms with Crippen LogP contribution >= 0.6 is 11.3 Å². The summed E-state index contributed by atoms with van der Waals surface area (Å²) in [4.78, 5) is 19.8. The molecule has 1 heterocycles. The highest BCUT2D eigenvalue weighted by Crippen LogP contribution is 2.30. The molecule has 0 spiro atoms. The van der Waals surface area contributed by atoms with E-state index in [4.69, 9.17) is 4.74 Å². The third-order valence-corrected chi connectivity index (χ3v) is 8.29. The minimum atomic E-state index is -3.71. The lowest BCUT2D eigenvalue weighted by molar-refractivity contribution is 0.0976. The molecular weight excluding hydrogens is 470 g/mol. The van der Waals surface area contributed by atoms with Gasteiger partial charge in [0, 0.05) is 19.7 Å². The Balaban J connectivity index is 1.59. The SMILES string of the molecule is COCCN(C(=O)c1ccc(N(C)S(=O)(=O)c2ccc(C)cc2)cc1)c1nc2ccccc2s1. The summed E-state index contributed by atoms with van der Waals surface area (Å²) >= 11 is 1.44. The van der Waals surface area contributed by atoms with E-state index in [-0.39, 0.29) is 10.8 Å². The van der Waals surface area contributed by atoms with E-state index in [1.54, 1.807) is 60.5 Å². The summed E-state index contributed by atoms with van der Waals surface area (Å²) in [5.74, 6) is -0.230. The van der Waals surface area contributed by atoms with Crippen LogP contribution in [0, 0.1) is 6.92 Å². The average Bonchev–Trinajstić information content (AvgIpc) is 3.28. The topological polar surface area (TPSA) is 79.8 Å². The van der Waals surface area contributed by atoms with Crippen LogP contribution in [0.2, 0.25) is 0 Å². The zero-order valence-electron chi connectivity index (χ0n) is 19.1. The lowest BCUT2D eigenvalue weighted by atomic mass is 10.2. The number of thiazole rings is 1. The van der Waals surface area contributed by atoms with Crippen LogP contribution in [0.1, 0.15) is 15.9 Å². The van der Waals surface area contributed by atoms with Gasteiger partial charge in [-0.3, -0.25) is 14.0 Å². The standard InChI is InChI=1S/C25H25N3O4S2/c1-18-8-14-21(15-9-18)34(30,31)27(2)20-12-10-19(11-13-20)24(29)28(16-17-32-3)25-26-22-6-4-5-7-23(22)33-25/h4-15H,16-17H2,1-3H3. The third-order valence-electron chi connectivity index (χ3n) is 5.43. The van der Waals surface area contributed by atoms with E-state index in [2.05, 4.69) is 4.98 Å². The molecule has 0 fully saturated rings. The van der Waals surface area contributed by atoms with E-state index in [0.717, 1.165) is 15.8 Å². The normalized spacial score (nSPS) is 11.5. The van der Waals surface area contributed by atoms with Gasteiger partial charge in [0.2, 0.25) is 0 Å². The second-order valence-electron chi connectivity index (χ2n) is 7.75. The van der Waals surface area contributed by atoms with E-state index in [0.29, 0.717) is 29.5 Å². The molecule has 0 unspecified atom stereocenters. The molecule has 0 saturated heterocycles. The molecule has 0 saturated carbocycles. The predicted molar refractivity (Wildman–Crippen MR) is 136 cm³/mol. The van der Waals surface area contributed by atoms with Crippen LogP contribution in [0.15, 0.2) is 77.7 Å². The molecular formula is C25H25N3O4S2. The summed E-state index contributed by atoms with van der Waals surface area (Å²) < 4.78 is 33.4. The van der Waals surface area contributed by atoms with Gasteiger partial charge >= 0.3 is 0 Å². The summed E-state index contributed by atoms with van der Waals surface area (Å²) in [5.41, 5.74) is 2.70. The first kappa shape index (κ1) is 23.9. The molecule has 1 amide bonds. The van der Waals surface area contributed by atoms with Gasteiger partial charge in [-0.05, 0) is 55.5 Å². The molecule has 0 aliphatic carbocycles. The number of carbonyl (C=O) groups excluding carboxylic acids is 1. The number of anilines is 2. The van der Waals surface area contributed by atoms with Crippen molar-refractivity contribution in [2.24, 2.45) is 0 Å². The minimum absolute atomic E-state index is 0.210. The number of methoxy groups -OCH3 is 1. The maximum absolute atomic E-state index is 13.4. The van der Waals surface area contributed by atoms with Crippen LogP contribution in [-0.2, 0) is 14.8 Å². The molecule has 4 aromatic rings. The molecule has 34 heavy (non-hydrogen) atoms. The van der Waals surface area contributed by atoms with Gasteiger partial charge in [0.25, 0.3) is 15.9 Å². The zero-order valence-corrected chi connectivity index (χ0v) is 20.8.